The summed E-state index contributed by atoms with van der Waals surface area (Å²) in [5, 5.41) is 6.06. The standard InChI is InChI=1S/C22H23N3O3/c1-15(2)28-20-7-5-4-6-19(20)25-22(26)16-8-13-21(23-14-16)24-17-9-11-18(27-3)12-10-17/h4-15H,1-3H3,(H,23,24)(H,25,26). The molecular formula is C22H23N3O3. The van der Waals surface area contributed by atoms with Crippen molar-refractivity contribution in [1.29, 1.82) is 0 Å². The maximum Gasteiger partial charge on any atom is 0.257 e. The first kappa shape index (κ1) is 19.2. The van der Waals surface area contributed by atoms with Crippen LogP contribution in [-0.4, -0.2) is 24.1 Å². The SMILES string of the molecule is COc1ccc(Nc2ccc(C(=O)Nc3ccccc3OC(C)C)cn2)cc1. The molecule has 1 heterocycles. The van der Waals surface area contributed by atoms with Gasteiger partial charge in [0.25, 0.3) is 5.91 Å². The van der Waals surface area contributed by atoms with Gasteiger partial charge in [0, 0.05) is 11.9 Å². The van der Waals surface area contributed by atoms with Crippen molar-refractivity contribution in [2.75, 3.05) is 17.7 Å². The van der Waals surface area contributed by atoms with Gasteiger partial charge in [-0.25, -0.2) is 4.98 Å². The predicted octanol–water partition coefficient (Wildman–Crippen LogP) is 4.87. The Labute approximate surface area is 164 Å². The number of nitrogens with one attached hydrogen (secondary N) is 2. The molecule has 2 N–H and O–H groups in total. The van der Waals surface area contributed by atoms with Gasteiger partial charge in [0.05, 0.1) is 24.5 Å². The van der Waals surface area contributed by atoms with E-state index in [-0.39, 0.29) is 12.0 Å². The van der Waals surface area contributed by atoms with Crippen LogP contribution in [0.4, 0.5) is 17.2 Å². The van der Waals surface area contributed by atoms with Crippen LogP contribution in [0, 0.1) is 0 Å². The van der Waals surface area contributed by atoms with Gasteiger partial charge < -0.3 is 20.1 Å². The molecule has 0 bridgehead atoms. The summed E-state index contributed by atoms with van der Waals surface area (Å²) >= 11 is 0. The number of hydrogen-bond acceptors (Lipinski definition) is 5. The summed E-state index contributed by atoms with van der Waals surface area (Å²) in [6.07, 6.45) is 1.55. The van der Waals surface area contributed by atoms with E-state index < -0.39 is 0 Å². The van der Waals surface area contributed by atoms with Gasteiger partial charge in [-0.1, -0.05) is 12.1 Å². The summed E-state index contributed by atoms with van der Waals surface area (Å²) in [6, 6.07) is 18.4. The Morgan fingerprint density at radius 2 is 1.75 bits per heavy atom. The van der Waals surface area contributed by atoms with Crippen molar-refractivity contribution in [2.24, 2.45) is 0 Å². The molecule has 0 atom stereocenters. The zero-order chi connectivity index (χ0) is 19.9. The molecule has 0 saturated carbocycles. The molecule has 28 heavy (non-hydrogen) atoms. The number of aromatic nitrogens is 1. The highest BCUT2D eigenvalue weighted by Gasteiger charge is 2.11. The normalized spacial score (nSPS) is 10.4. The van der Waals surface area contributed by atoms with E-state index in [1.807, 2.05) is 62.4 Å². The summed E-state index contributed by atoms with van der Waals surface area (Å²) in [6.45, 7) is 3.88. The Bertz CT molecular complexity index is 923. The average Bonchev–Trinajstić information content (AvgIpc) is 2.70. The molecule has 0 spiro atoms. The highest BCUT2D eigenvalue weighted by atomic mass is 16.5. The van der Waals surface area contributed by atoms with Crippen LogP contribution in [-0.2, 0) is 0 Å². The number of methoxy groups -OCH3 is 1. The number of carbonyl (C=O) groups excluding carboxylic acids is 1. The van der Waals surface area contributed by atoms with Gasteiger partial charge in [-0.3, -0.25) is 4.79 Å². The summed E-state index contributed by atoms with van der Waals surface area (Å²) in [7, 11) is 1.63. The monoisotopic (exact) mass is 377 g/mol. The number of nitrogens with zero attached hydrogens (tertiary/aromatic N) is 1. The van der Waals surface area contributed by atoms with Gasteiger partial charge in [0.1, 0.15) is 17.3 Å². The first-order valence-corrected chi connectivity index (χ1v) is 8.99. The van der Waals surface area contributed by atoms with Gasteiger partial charge in [0.2, 0.25) is 0 Å². The Morgan fingerprint density at radius 3 is 2.39 bits per heavy atom. The van der Waals surface area contributed by atoms with Gasteiger partial charge in [-0.05, 0) is 62.4 Å². The van der Waals surface area contributed by atoms with Crippen LogP contribution in [0.2, 0.25) is 0 Å². The first-order chi connectivity index (χ1) is 13.5. The van der Waals surface area contributed by atoms with E-state index in [0.717, 1.165) is 11.4 Å². The summed E-state index contributed by atoms with van der Waals surface area (Å²) in [5.74, 6) is 1.82. The maximum atomic E-state index is 12.6. The minimum atomic E-state index is -0.247. The van der Waals surface area contributed by atoms with Gasteiger partial charge >= 0.3 is 0 Å². The topological polar surface area (TPSA) is 72.5 Å². The third-order valence-electron chi connectivity index (χ3n) is 3.89. The zero-order valence-electron chi connectivity index (χ0n) is 16.1. The van der Waals surface area contributed by atoms with E-state index in [1.54, 1.807) is 19.2 Å². The lowest BCUT2D eigenvalue weighted by Crippen LogP contribution is -2.14. The van der Waals surface area contributed by atoms with Crippen LogP contribution in [0.25, 0.3) is 0 Å². The average molecular weight is 377 g/mol. The largest absolute Gasteiger partial charge is 0.497 e. The number of para-hydroxylation sites is 2. The molecule has 6 heteroatoms. The van der Waals surface area contributed by atoms with Crippen LogP contribution >= 0.6 is 0 Å². The zero-order valence-corrected chi connectivity index (χ0v) is 16.1. The highest BCUT2D eigenvalue weighted by Crippen LogP contribution is 2.25. The van der Waals surface area contributed by atoms with Crippen molar-refractivity contribution in [3.05, 3.63) is 72.4 Å². The molecular weight excluding hydrogens is 354 g/mol. The van der Waals surface area contributed by atoms with E-state index in [0.29, 0.717) is 22.8 Å². The smallest absolute Gasteiger partial charge is 0.257 e. The number of rotatable bonds is 7. The molecule has 0 unspecified atom stereocenters. The quantitative estimate of drug-likeness (QED) is 0.614. The van der Waals surface area contributed by atoms with Gasteiger partial charge in [-0.15, -0.1) is 0 Å². The van der Waals surface area contributed by atoms with Crippen LogP contribution in [0.1, 0.15) is 24.2 Å². The van der Waals surface area contributed by atoms with Crippen molar-refractivity contribution in [3.63, 3.8) is 0 Å². The number of pyridine rings is 1. The van der Waals surface area contributed by atoms with E-state index in [4.69, 9.17) is 9.47 Å². The molecule has 0 aliphatic rings. The summed E-state index contributed by atoms with van der Waals surface area (Å²) < 4.78 is 10.9. The molecule has 2 aromatic carbocycles. The third kappa shape index (κ3) is 5.01. The van der Waals surface area contributed by atoms with E-state index >= 15 is 0 Å². The fourth-order valence-corrected chi connectivity index (χ4v) is 2.55. The van der Waals surface area contributed by atoms with Crippen molar-refractivity contribution >= 4 is 23.1 Å². The molecule has 0 aliphatic heterocycles. The fraction of sp³-hybridized carbons (Fsp3) is 0.182. The molecule has 144 valence electrons. The third-order valence-corrected chi connectivity index (χ3v) is 3.89. The predicted molar refractivity (Wildman–Crippen MR) is 111 cm³/mol. The molecule has 1 amide bonds. The molecule has 1 aromatic heterocycles. The lowest BCUT2D eigenvalue weighted by atomic mass is 10.2. The van der Waals surface area contributed by atoms with E-state index in [1.165, 1.54) is 6.20 Å². The number of benzene rings is 2. The maximum absolute atomic E-state index is 12.6. The summed E-state index contributed by atoms with van der Waals surface area (Å²) in [4.78, 5) is 16.9. The second kappa shape index (κ2) is 8.90. The lowest BCUT2D eigenvalue weighted by molar-refractivity contribution is 0.102. The Hall–Kier alpha value is -3.54. The molecule has 0 radical (unpaired) electrons. The highest BCUT2D eigenvalue weighted by molar-refractivity contribution is 6.04. The number of carbonyl (C=O) groups is 1. The molecule has 0 fully saturated rings. The van der Waals surface area contributed by atoms with Crippen LogP contribution < -0.4 is 20.1 Å². The fourth-order valence-electron chi connectivity index (χ4n) is 2.55. The second-order valence-electron chi connectivity index (χ2n) is 6.40. The molecule has 6 nitrogen and oxygen atoms in total. The van der Waals surface area contributed by atoms with Gasteiger partial charge in [-0.2, -0.15) is 0 Å². The first-order valence-electron chi connectivity index (χ1n) is 8.99. The minimum Gasteiger partial charge on any atom is -0.497 e. The van der Waals surface area contributed by atoms with Crippen molar-refractivity contribution in [1.82, 2.24) is 4.98 Å². The van der Waals surface area contributed by atoms with Gasteiger partial charge in [0.15, 0.2) is 0 Å². The van der Waals surface area contributed by atoms with Crippen LogP contribution in [0.3, 0.4) is 0 Å². The Morgan fingerprint density at radius 1 is 1.00 bits per heavy atom. The molecule has 0 aliphatic carbocycles. The molecule has 0 saturated heterocycles. The van der Waals surface area contributed by atoms with Crippen molar-refractivity contribution in [3.8, 4) is 11.5 Å². The number of hydrogen-bond donors (Lipinski definition) is 2. The van der Waals surface area contributed by atoms with Crippen LogP contribution in [0.15, 0.2) is 66.9 Å². The van der Waals surface area contributed by atoms with Crippen molar-refractivity contribution in [2.45, 2.75) is 20.0 Å². The number of amides is 1. The van der Waals surface area contributed by atoms with Crippen LogP contribution in [0.5, 0.6) is 11.5 Å². The van der Waals surface area contributed by atoms with Crippen molar-refractivity contribution < 1.29 is 14.3 Å². The lowest BCUT2D eigenvalue weighted by Gasteiger charge is -2.14. The second-order valence-corrected chi connectivity index (χ2v) is 6.40. The number of anilines is 3. The molecule has 3 rings (SSSR count). The summed E-state index contributed by atoms with van der Waals surface area (Å²) in [5.41, 5.74) is 1.96. The number of ether oxygens (including phenoxy) is 2. The Balaban J connectivity index is 1.67. The van der Waals surface area contributed by atoms with E-state index in [2.05, 4.69) is 15.6 Å². The minimum absolute atomic E-state index is 0.0167. The van der Waals surface area contributed by atoms with E-state index in [9.17, 15) is 4.79 Å². The molecule has 3 aromatic rings. The Kier molecular flexibility index (Phi) is 6.11.